The lowest BCUT2D eigenvalue weighted by molar-refractivity contribution is 0.0544. The van der Waals surface area contributed by atoms with E-state index in [4.69, 9.17) is 4.52 Å². The largest absolute Gasteiger partial charge is 0.396 e. The average molecular weight is 225 g/mol. The molecule has 1 aromatic heterocycles. The summed E-state index contributed by atoms with van der Waals surface area (Å²) in [5, 5.41) is 13.2. The minimum atomic E-state index is 0.101. The molecular formula is C11H19N3O2. The second-order valence-corrected chi connectivity index (χ2v) is 4.97. The van der Waals surface area contributed by atoms with Gasteiger partial charge in [0.05, 0.1) is 6.54 Å². The Labute approximate surface area is 95.4 Å². The molecule has 1 aliphatic rings. The van der Waals surface area contributed by atoms with Crippen molar-refractivity contribution in [1.82, 2.24) is 15.0 Å². The normalized spacial score (nSPS) is 21.2. The van der Waals surface area contributed by atoms with Crippen LogP contribution >= 0.6 is 0 Å². The monoisotopic (exact) mass is 225 g/mol. The number of aliphatic hydroxyl groups is 1. The molecular weight excluding hydrogens is 206 g/mol. The van der Waals surface area contributed by atoms with E-state index in [9.17, 15) is 5.11 Å². The van der Waals surface area contributed by atoms with E-state index in [2.05, 4.69) is 22.0 Å². The van der Waals surface area contributed by atoms with Crippen molar-refractivity contribution in [2.45, 2.75) is 33.2 Å². The quantitative estimate of drug-likeness (QED) is 0.830. The Bertz CT molecular complexity index is 343. The van der Waals surface area contributed by atoms with E-state index < -0.39 is 0 Å². The number of rotatable bonds is 3. The zero-order chi connectivity index (χ0) is 11.6. The molecule has 0 bridgehead atoms. The van der Waals surface area contributed by atoms with Gasteiger partial charge in [-0.3, -0.25) is 4.90 Å². The molecule has 1 aromatic rings. The van der Waals surface area contributed by atoms with Gasteiger partial charge in [-0.1, -0.05) is 12.1 Å². The van der Waals surface area contributed by atoms with Crippen molar-refractivity contribution in [3.05, 3.63) is 11.7 Å². The molecule has 0 saturated carbocycles. The molecule has 16 heavy (non-hydrogen) atoms. The Morgan fingerprint density at radius 1 is 1.44 bits per heavy atom. The maximum absolute atomic E-state index is 9.27. The lowest BCUT2D eigenvalue weighted by atomic mass is 9.81. The van der Waals surface area contributed by atoms with Gasteiger partial charge in [-0.2, -0.15) is 4.98 Å². The third-order valence-corrected chi connectivity index (χ3v) is 3.38. The van der Waals surface area contributed by atoms with E-state index >= 15 is 0 Å². The first-order chi connectivity index (χ1) is 7.61. The number of likely N-dealkylation sites (tertiary alicyclic amines) is 1. The van der Waals surface area contributed by atoms with Crippen LogP contribution in [0.2, 0.25) is 0 Å². The molecule has 0 aromatic carbocycles. The maximum atomic E-state index is 9.27. The molecule has 0 amide bonds. The van der Waals surface area contributed by atoms with Gasteiger partial charge in [-0.25, -0.2) is 0 Å². The summed E-state index contributed by atoms with van der Waals surface area (Å²) in [6.07, 6.45) is 2.06. The minimum absolute atomic E-state index is 0.101. The summed E-state index contributed by atoms with van der Waals surface area (Å²) in [4.78, 5) is 6.50. The van der Waals surface area contributed by atoms with Gasteiger partial charge in [-0.15, -0.1) is 0 Å². The van der Waals surface area contributed by atoms with E-state index in [1.165, 1.54) is 0 Å². The van der Waals surface area contributed by atoms with Crippen molar-refractivity contribution < 1.29 is 9.63 Å². The van der Waals surface area contributed by atoms with Gasteiger partial charge in [0.15, 0.2) is 5.82 Å². The Morgan fingerprint density at radius 3 is 2.62 bits per heavy atom. The van der Waals surface area contributed by atoms with Crippen molar-refractivity contribution in [3.63, 3.8) is 0 Å². The number of aromatic nitrogens is 2. The number of aliphatic hydroxyl groups excluding tert-OH is 1. The highest BCUT2D eigenvalue weighted by molar-refractivity contribution is 4.87. The fourth-order valence-electron chi connectivity index (χ4n) is 2.01. The fraction of sp³-hybridized carbons (Fsp3) is 0.818. The van der Waals surface area contributed by atoms with Crippen LogP contribution in [0.25, 0.3) is 0 Å². The summed E-state index contributed by atoms with van der Waals surface area (Å²) in [5.74, 6) is 1.37. The van der Waals surface area contributed by atoms with E-state index in [0.717, 1.165) is 38.3 Å². The third kappa shape index (κ3) is 2.59. The standard InChI is InChI=1S/C11H19N3O2/c1-9-12-10(13-16-9)7-14-5-3-11(2,8-15)4-6-14/h15H,3-8H2,1-2H3. The number of aryl methyl sites for hydroxylation is 1. The van der Waals surface area contributed by atoms with E-state index in [1.54, 1.807) is 6.92 Å². The summed E-state index contributed by atoms with van der Waals surface area (Å²) in [6.45, 7) is 6.95. The zero-order valence-electron chi connectivity index (χ0n) is 9.94. The smallest absolute Gasteiger partial charge is 0.223 e. The Kier molecular flexibility index (Phi) is 3.25. The van der Waals surface area contributed by atoms with Gasteiger partial charge in [0.2, 0.25) is 5.89 Å². The van der Waals surface area contributed by atoms with E-state index in [0.29, 0.717) is 5.89 Å². The van der Waals surface area contributed by atoms with Crippen molar-refractivity contribution >= 4 is 0 Å². The van der Waals surface area contributed by atoms with Gasteiger partial charge in [0, 0.05) is 13.5 Å². The zero-order valence-corrected chi connectivity index (χ0v) is 9.94. The molecule has 5 nitrogen and oxygen atoms in total. The van der Waals surface area contributed by atoms with Crippen LogP contribution < -0.4 is 0 Å². The molecule has 0 unspecified atom stereocenters. The minimum Gasteiger partial charge on any atom is -0.396 e. The van der Waals surface area contributed by atoms with Gasteiger partial charge in [-0.05, 0) is 31.3 Å². The second-order valence-electron chi connectivity index (χ2n) is 4.97. The first kappa shape index (κ1) is 11.5. The van der Waals surface area contributed by atoms with Crippen LogP contribution in [0.3, 0.4) is 0 Å². The predicted molar refractivity (Wildman–Crippen MR) is 58.7 cm³/mol. The summed E-state index contributed by atoms with van der Waals surface area (Å²) >= 11 is 0. The molecule has 1 N–H and O–H groups in total. The first-order valence-electron chi connectivity index (χ1n) is 5.74. The highest BCUT2D eigenvalue weighted by Crippen LogP contribution is 2.30. The van der Waals surface area contributed by atoms with Gasteiger partial charge >= 0.3 is 0 Å². The van der Waals surface area contributed by atoms with Crippen LogP contribution in [-0.2, 0) is 6.54 Å². The summed E-state index contributed by atoms with van der Waals surface area (Å²) in [6, 6.07) is 0. The molecule has 0 radical (unpaired) electrons. The third-order valence-electron chi connectivity index (χ3n) is 3.38. The van der Waals surface area contributed by atoms with Gasteiger partial charge in [0.1, 0.15) is 0 Å². The van der Waals surface area contributed by atoms with Crippen LogP contribution in [0.5, 0.6) is 0 Å². The van der Waals surface area contributed by atoms with Crippen molar-refractivity contribution in [3.8, 4) is 0 Å². The van der Waals surface area contributed by atoms with Crippen molar-refractivity contribution in [2.75, 3.05) is 19.7 Å². The van der Waals surface area contributed by atoms with Gasteiger partial charge < -0.3 is 9.63 Å². The lowest BCUT2D eigenvalue weighted by Crippen LogP contribution is -2.40. The molecule has 5 heteroatoms. The summed E-state index contributed by atoms with van der Waals surface area (Å²) < 4.78 is 4.94. The van der Waals surface area contributed by atoms with Crippen molar-refractivity contribution in [1.29, 1.82) is 0 Å². The van der Waals surface area contributed by atoms with E-state index in [1.807, 2.05) is 0 Å². The van der Waals surface area contributed by atoms with Crippen LogP contribution in [0.15, 0.2) is 4.52 Å². The highest BCUT2D eigenvalue weighted by atomic mass is 16.5. The molecule has 0 aliphatic carbocycles. The number of piperidine rings is 1. The van der Waals surface area contributed by atoms with Crippen LogP contribution in [0, 0.1) is 12.3 Å². The SMILES string of the molecule is Cc1nc(CN2CCC(C)(CO)CC2)no1. The molecule has 2 rings (SSSR count). The van der Waals surface area contributed by atoms with Crippen LogP contribution in [-0.4, -0.2) is 39.8 Å². The topological polar surface area (TPSA) is 62.4 Å². The predicted octanol–water partition coefficient (Wildman–Crippen LogP) is 0.972. The molecule has 0 spiro atoms. The molecule has 2 heterocycles. The number of hydrogen-bond acceptors (Lipinski definition) is 5. The molecule has 90 valence electrons. The van der Waals surface area contributed by atoms with Crippen LogP contribution in [0.4, 0.5) is 0 Å². The maximum Gasteiger partial charge on any atom is 0.223 e. The second kappa shape index (κ2) is 4.51. The Hall–Kier alpha value is -0.940. The summed E-state index contributed by atoms with van der Waals surface area (Å²) in [5.41, 5.74) is 0.101. The van der Waals surface area contributed by atoms with Crippen molar-refractivity contribution in [2.24, 2.45) is 5.41 Å². The molecule has 0 atom stereocenters. The van der Waals surface area contributed by atoms with E-state index in [-0.39, 0.29) is 12.0 Å². The number of nitrogens with zero attached hydrogens (tertiary/aromatic N) is 3. The lowest BCUT2D eigenvalue weighted by Gasteiger charge is -2.37. The first-order valence-corrected chi connectivity index (χ1v) is 5.74. The summed E-state index contributed by atoms with van der Waals surface area (Å²) in [7, 11) is 0. The molecule has 1 fully saturated rings. The molecule has 1 aliphatic heterocycles. The highest BCUT2D eigenvalue weighted by Gasteiger charge is 2.29. The molecule has 1 saturated heterocycles. The number of hydrogen-bond donors (Lipinski definition) is 1. The Balaban J connectivity index is 1.86. The average Bonchev–Trinajstić information content (AvgIpc) is 2.68. The fourth-order valence-corrected chi connectivity index (χ4v) is 2.01. The van der Waals surface area contributed by atoms with Crippen LogP contribution in [0.1, 0.15) is 31.5 Å². The van der Waals surface area contributed by atoms with Gasteiger partial charge in [0.25, 0.3) is 0 Å². The Morgan fingerprint density at radius 2 is 2.12 bits per heavy atom.